The molecule has 0 N–H and O–H groups in total. The van der Waals surface area contributed by atoms with Gasteiger partial charge in [-0.1, -0.05) is 24.3 Å². The molecule has 5 nitrogen and oxygen atoms in total. The van der Waals surface area contributed by atoms with Crippen molar-refractivity contribution >= 4 is 12.1 Å². The Bertz CT molecular complexity index is 885. The van der Waals surface area contributed by atoms with Crippen molar-refractivity contribution in [3.8, 4) is 11.5 Å². The minimum absolute atomic E-state index is 0.0122. The molecule has 0 bridgehead atoms. The molecule has 1 heterocycles. The van der Waals surface area contributed by atoms with E-state index in [9.17, 15) is 4.79 Å². The van der Waals surface area contributed by atoms with Crippen LogP contribution in [0.25, 0.3) is 0 Å². The third kappa shape index (κ3) is 9.30. The number of benzene rings is 2. The second-order valence-corrected chi connectivity index (χ2v) is 9.51. The molecule has 0 spiro atoms. The molecule has 1 fully saturated rings. The minimum atomic E-state index is -0.0122. The number of carbonyl (C=O) groups is 1. The summed E-state index contributed by atoms with van der Waals surface area (Å²) in [6, 6.07) is 16.5. The summed E-state index contributed by atoms with van der Waals surface area (Å²) in [6.45, 7) is 7.30. The molecule has 184 valence electrons. The number of likely N-dealkylation sites (tertiary alicyclic amines) is 1. The lowest BCUT2D eigenvalue weighted by Gasteiger charge is -2.20. The molecule has 0 aromatic heterocycles. The molecule has 1 unspecified atom stereocenters. The van der Waals surface area contributed by atoms with Gasteiger partial charge < -0.3 is 14.4 Å². The first-order valence-corrected chi connectivity index (χ1v) is 12.7. The van der Waals surface area contributed by atoms with Crippen LogP contribution < -0.4 is 9.47 Å². The number of aryl methyl sites for hydroxylation is 1. The second-order valence-electron chi connectivity index (χ2n) is 9.51. The van der Waals surface area contributed by atoms with E-state index in [4.69, 9.17) is 9.47 Å². The number of unbranched alkanes of at least 4 members (excludes halogenated alkanes) is 1. The van der Waals surface area contributed by atoms with Crippen molar-refractivity contribution in [3.63, 3.8) is 0 Å². The maximum atomic E-state index is 12.4. The van der Waals surface area contributed by atoms with Crippen LogP contribution in [0.4, 0.5) is 0 Å². The first-order chi connectivity index (χ1) is 16.5. The Morgan fingerprint density at radius 3 is 2.26 bits per heavy atom. The summed E-state index contributed by atoms with van der Waals surface area (Å²) < 4.78 is 11.0. The number of nitrogens with zero attached hydrogens (tertiary/aromatic N) is 2. The molecular formula is C29H40N2O3. The monoisotopic (exact) mass is 464 g/mol. The Balaban J connectivity index is 1.44. The van der Waals surface area contributed by atoms with Gasteiger partial charge in [-0.2, -0.15) is 0 Å². The average Bonchev–Trinajstić information content (AvgIpc) is 3.34. The van der Waals surface area contributed by atoms with Crippen molar-refractivity contribution in [2.24, 2.45) is 10.9 Å². The van der Waals surface area contributed by atoms with Gasteiger partial charge in [0.25, 0.3) is 0 Å². The third-order valence-corrected chi connectivity index (χ3v) is 6.18. The second kappa shape index (κ2) is 13.9. The van der Waals surface area contributed by atoms with E-state index >= 15 is 0 Å². The SMILES string of the molecule is COc1ccc(CC(C=NC(=O)CCCCc2ccc(OC(C)C)cc2)CN2CCCC2)cc1. The zero-order chi connectivity index (χ0) is 24.2. The van der Waals surface area contributed by atoms with E-state index in [0.29, 0.717) is 6.42 Å². The third-order valence-electron chi connectivity index (χ3n) is 6.18. The number of hydrogen-bond acceptors (Lipinski definition) is 4. The topological polar surface area (TPSA) is 51.1 Å². The van der Waals surface area contributed by atoms with Gasteiger partial charge in [-0.05, 0) is 101 Å². The molecule has 1 aliphatic rings. The molecule has 1 aliphatic heterocycles. The highest BCUT2D eigenvalue weighted by Gasteiger charge is 2.17. The lowest BCUT2D eigenvalue weighted by molar-refractivity contribution is -0.117. The van der Waals surface area contributed by atoms with Crippen LogP contribution in [0.1, 0.15) is 57.1 Å². The number of methoxy groups -OCH3 is 1. The summed E-state index contributed by atoms with van der Waals surface area (Å²) in [6.07, 6.45) is 8.80. The zero-order valence-electron chi connectivity index (χ0n) is 21.0. The average molecular weight is 465 g/mol. The number of ether oxygens (including phenoxy) is 2. The maximum absolute atomic E-state index is 12.4. The highest BCUT2D eigenvalue weighted by Crippen LogP contribution is 2.18. The molecule has 3 rings (SSSR count). The molecule has 34 heavy (non-hydrogen) atoms. The predicted octanol–water partition coefficient (Wildman–Crippen LogP) is 5.75. The van der Waals surface area contributed by atoms with Gasteiger partial charge in [0.15, 0.2) is 0 Å². The quantitative estimate of drug-likeness (QED) is 0.280. The van der Waals surface area contributed by atoms with Crippen molar-refractivity contribution in [2.75, 3.05) is 26.7 Å². The molecule has 0 saturated carbocycles. The van der Waals surface area contributed by atoms with Gasteiger partial charge >= 0.3 is 0 Å². The Hall–Kier alpha value is -2.66. The fraction of sp³-hybridized carbons (Fsp3) is 0.517. The minimum Gasteiger partial charge on any atom is -0.497 e. The van der Waals surface area contributed by atoms with Gasteiger partial charge in [-0.25, -0.2) is 4.99 Å². The lowest BCUT2D eigenvalue weighted by Crippen LogP contribution is -2.28. The van der Waals surface area contributed by atoms with E-state index in [1.165, 1.54) is 24.0 Å². The standard InChI is InChI=1S/C29H40N2O3/c1-23(2)34-28-16-10-24(11-17-28)8-4-5-9-29(32)30-21-26(22-31-18-6-7-19-31)20-25-12-14-27(33-3)15-13-25/h10-17,21,23,26H,4-9,18-20,22H2,1-3H3. The van der Waals surface area contributed by atoms with Crippen LogP contribution in [0.3, 0.4) is 0 Å². The maximum Gasteiger partial charge on any atom is 0.245 e. The van der Waals surface area contributed by atoms with Gasteiger partial charge in [0, 0.05) is 25.1 Å². The molecule has 2 aromatic carbocycles. The summed E-state index contributed by atoms with van der Waals surface area (Å²) in [5.41, 5.74) is 2.52. The highest BCUT2D eigenvalue weighted by atomic mass is 16.5. The summed E-state index contributed by atoms with van der Waals surface area (Å²) in [5, 5.41) is 0. The Labute approximate surface area is 205 Å². The molecule has 5 heteroatoms. The molecule has 1 saturated heterocycles. The van der Waals surface area contributed by atoms with Crippen molar-refractivity contribution in [1.29, 1.82) is 0 Å². The summed E-state index contributed by atoms with van der Waals surface area (Å²) in [7, 11) is 1.68. The zero-order valence-corrected chi connectivity index (χ0v) is 21.0. The van der Waals surface area contributed by atoms with E-state index in [0.717, 1.165) is 56.8 Å². The number of aliphatic imine (C=N–C) groups is 1. The normalized spacial score (nSPS) is 15.2. The first-order valence-electron chi connectivity index (χ1n) is 12.7. The van der Waals surface area contributed by atoms with Gasteiger partial charge in [-0.3, -0.25) is 4.79 Å². The number of rotatable bonds is 13. The van der Waals surface area contributed by atoms with E-state index < -0.39 is 0 Å². The molecule has 1 atom stereocenters. The molecule has 1 amide bonds. The molecular weight excluding hydrogens is 424 g/mol. The molecule has 2 aromatic rings. The van der Waals surface area contributed by atoms with Crippen molar-refractivity contribution in [2.45, 2.75) is 64.9 Å². The Kier molecular flexibility index (Phi) is 10.6. The fourth-order valence-electron chi connectivity index (χ4n) is 4.39. The largest absolute Gasteiger partial charge is 0.497 e. The summed E-state index contributed by atoms with van der Waals surface area (Å²) in [5.74, 6) is 1.99. The van der Waals surface area contributed by atoms with Gasteiger partial charge in [0.05, 0.1) is 13.2 Å². The van der Waals surface area contributed by atoms with E-state index in [-0.39, 0.29) is 17.9 Å². The Morgan fingerprint density at radius 2 is 1.62 bits per heavy atom. The van der Waals surface area contributed by atoms with Crippen LogP contribution in [-0.4, -0.2) is 49.9 Å². The van der Waals surface area contributed by atoms with E-state index in [2.05, 4.69) is 34.2 Å². The van der Waals surface area contributed by atoms with Crippen LogP contribution >= 0.6 is 0 Å². The van der Waals surface area contributed by atoms with Crippen LogP contribution in [0.5, 0.6) is 11.5 Å². The molecule has 0 aliphatic carbocycles. The highest BCUT2D eigenvalue weighted by molar-refractivity contribution is 5.85. The van der Waals surface area contributed by atoms with Crippen molar-refractivity contribution in [1.82, 2.24) is 4.90 Å². The van der Waals surface area contributed by atoms with Gasteiger partial charge in [-0.15, -0.1) is 0 Å². The van der Waals surface area contributed by atoms with Crippen LogP contribution in [0.2, 0.25) is 0 Å². The smallest absolute Gasteiger partial charge is 0.245 e. The summed E-state index contributed by atoms with van der Waals surface area (Å²) >= 11 is 0. The summed E-state index contributed by atoms with van der Waals surface area (Å²) in [4.78, 5) is 19.3. The van der Waals surface area contributed by atoms with Gasteiger partial charge in [0.2, 0.25) is 5.91 Å². The number of amides is 1. The Morgan fingerprint density at radius 1 is 0.971 bits per heavy atom. The predicted molar refractivity (Wildman–Crippen MR) is 139 cm³/mol. The van der Waals surface area contributed by atoms with E-state index in [1.54, 1.807) is 7.11 Å². The lowest BCUT2D eigenvalue weighted by atomic mass is 9.99. The van der Waals surface area contributed by atoms with Crippen molar-refractivity contribution in [3.05, 3.63) is 59.7 Å². The van der Waals surface area contributed by atoms with Gasteiger partial charge in [0.1, 0.15) is 11.5 Å². The van der Waals surface area contributed by atoms with Crippen LogP contribution in [0, 0.1) is 5.92 Å². The van der Waals surface area contributed by atoms with Crippen LogP contribution in [0.15, 0.2) is 53.5 Å². The first kappa shape index (κ1) is 26.0. The number of hydrogen-bond donors (Lipinski definition) is 0. The number of carbonyl (C=O) groups excluding carboxylic acids is 1. The fourth-order valence-corrected chi connectivity index (χ4v) is 4.39. The molecule has 0 radical (unpaired) electrons. The van der Waals surface area contributed by atoms with Crippen molar-refractivity contribution < 1.29 is 14.3 Å². The van der Waals surface area contributed by atoms with E-state index in [1.807, 2.05) is 44.3 Å². The van der Waals surface area contributed by atoms with Crippen LogP contribution in [-0.2, 0) is 17.6 Å².